The van der Waals surface area contributed by atoms with Gasteiger partial charge in [-0.15, -0.1) is 0 Å². The molecule has 8 nitrogen and oxygen atoms in total. The molecule has 0 aromatic heterocycles. The number of rotatable bonds is 5. The number of hydrogen-bond donors (Lipinski definition) is 3. The SMILES string of the molecule is O=C(O)CCCCC(=O)O.O=P([O-])([O-])O.[Na+].[Na+]. The average molecular weight is 288 g/mol. The molecule has 0 unspecified atom stereocenters. The van der Waals surface area contributed by atoms with E-state index >= 15 is 0 Å². The van der Waals surface area contributed by atoms with Gasteiger partial charge in [-0.3, -0.25) is 9.59 Å². The van der Waals surface area contributed by atoms with Crippen molar-refractivity contribution in [3.05, 3.63) is 0 Å². The number of carbonyl (C=O) groups is 2. The standard InChI is InChI=1S/C6H10O4.2Na.H3O4P/c7-5(8)3-1-2-4-6(9)10;;;1-5(2,3)4/h1-4H2,(H,7,8)(H,9,10);;;(H3,1,2,3,4)/q;2*+1;/p-2. The molecule has 17 heavy (non-hydrogen) atoms. The first kappa shape index (κ1) is 26.6. The minimum Gasteiger partial charge on any atom is -0.790 e. The molecule has 0 fully saturated rings. The van der Waals surface area contributed by atoms with Crippen LogP contribution in [0.2, 0.25) is 0 Å². The summed E-state index contributed by atoms with van der Waals surface area (Å²) in [5.41, 5.74) is 0. The van der Waals surface area contributed by atoms with E-state index in [2.05, 4.69) is 0 Å². The Morgan fingerprint density at radius 3 is 1.24 bits per heavy atom. The number of aliphatic carboxylic acids is 2. The van der Waals surface area contributed by atoms with Crippen LogP contribution in [0.25, 0.3) is 0 Å². The van der Waals surface area contributed by atoms with Crippen molar-refractivity contribution in [1.82, 2.24) is 0 Å². The molecule has 0 spiro atoms. The quantitative estimate of drug-likeness (QED) is 0.255. The Morgan fingerprint density at radius 1 is 0.941 bits per heavy atom. The van der Waals surface area contributed by atoms with Crippen LogP contribution in [0.1, 0.15) is 25.7 Å². The van der Waals surface area contributed by atoms with Crippen LogP contribution in [0.15, 0.2) is 0 Å². The van der Waals surface area contributed by atoms with Crippen LogP contribution in [0, 0.1) is 0 Å². The monoisotopic (exact) mass is 288 g/mol. The second kappa shape index (κ2) is 15.1. The second-order valence-corrected chi connectivity index (χ2v) is 3.40. The van der Waals surface area contributed by atoms with Gasteiger partial charge < -0.3 is 29.5 Å². The Morgan fingerprint density at radius 2 is 1.12 bits per heavy atom. The molecule has 0 saturated heterocycles. The topological polar surface area (TPSA) is 158 Å². The van der Waals surface area contributed by atoms with Gasteiger partial charge in [0.25, 0.3) is 0 Å². The van der Waals surface area contributed by atoms with Gasteiger partial charge in [-0.2, -0.15) is 0 Å². The van der Waals surface area contributed by atoms with Gasteiger partial charge in [0, 0.05) is 12.8 Å². The minimum atomic E-state index is -5.14. The molecule has 0 aromatic carbocycles. The maximum Gasteiger partial charge on any atom is 1.00 e. The zero-order valence-electron chi connectivity index (χ0n) is 9.66. The van der Waals surface area contributed by atoms with Crippen molar-refractivity contribution in [2.24, 2.45) is 0 Å². The van der Waals surface area contributed by atoms with E-state index in [1.807, 2.05) is 0 Å². The molecule has 0 saturated carbocycles. The Hall–Kier alpha value is 1.05. The summed E-state index contributed by atoms with van der Waals surface area (Å²) in [7, 11) is -5.14. The predicted octanol–water partition coefficient (Wildman–Crippen LogP) is -7.47. The van der Waals surface area contributed by atoms with Crippen LogP contribution in [0.3, 0.4) is 0 Å². The van der Waals surface area contributed by atoms with Crippen LogP contribution < -0.4 is 68.9 Å². The molecule has 0 bridgehead atoms. The van der Waals surface area contributed by atoms with Crippen LogP contribution in [-0.2, 0) is 14.2 Å². The first-order valence-electron chi connectivity index (χ1n) is 3.81. The summed E-state index contributed by atoms with van der Waals surface area (Å²) in [6, 6.07) is 0. The third-order valence-corrected chi connectivity index (χ3v) is 1.03. The van der Waals surface area contributed by atoms with Crippen molar-refractivity contribution >= 4 is 19.8 Å². The molecular weight excluding hydrogens is 277 g/mol. The summed E-state index contributed by atoms with van der Waals surface area (Å²) < 4.78 is 8.66. The Balaban J connectivity index is -0.000000105. The minimum absolute atomic E-state index is 0. The van der Waals surface area contributed by atoms with Gasteiger partial charge in [0.1, 0.15) is 0 Å². The maximum atomic E-state index is 9.90. The summed E-state index contributed by atoms with van der Waals surface area (Å²) in [5.74, 6) is -1.74. The van der Waals surface area contributed by atoms with Crippen molar-refractivity contribution in [2.45, 2.75) is 25.7 Å². The van der Waals surface area contributed by atoms with Gasteiger partial charge in [0.05, 0.1) is 7.82 Å². The van der Waals surface area contributed by atoms with Crippen molar-refractivity contribution in [3.63, 3.8) is 0 Å². The molecule has 0 atom stereocenters. The van der Waals surface area contributed by atoms with E-state index in [9.17, 15) is 9.59 Å². The molecule has 0 heterocycles. The number of carboxylic acid groups (broad SMARTS) is 2. The number of phosphoric acid groups is 1. The smallest absolute Gasteiger partial charge is 0.790 e. The predicted molar refractivity (Wildman–Crippen MR) is 43.6 cm³/mol. The van der Waals surface area contributed by atoms with Crippen molar-refractivity contribution in [3.8, 4) is 0 Å². The van der Waals surface area contributed by atoms with Gasteiger partial charge in [0.15, 0.2) is 0 Å². The van der Waals surface area contributed by atoms with Gasteiger partial charge in [-0.05, 0) is 12.8 Å². The molecule has 0 amide bonds. The van der Waals surface area contributed by atoms with Gasteiger partial charge >= 0.3 is 71.1 Å². The number of hydrogen-bond acceptors (Lipinski definition) is 5. The first-order valence-corrected chi connectivity index (χ1v) is 5.31. The summed E-state index contributed by atoms with van der Waals surface area (Å²) in [6.07, 6.45) is 1.02. The van der Waals surface area contributed by atoms with Gasteiger partial charge in [-0.25, -0.2) is 0 Å². The van der Waals surface area contributed by atoms with Crippen LogP contribution in [-0.4, -0.2) is 27.0 Å². The molecule has 0 aliphatic heterocycles. The fraction of sp³-hybridized carbons (Fsp3) is 0.667. The van der Waals surface area contributed by atoms with E-state index in [4.69, 9.17) is 29.5 Å². The average Bonchev–Trinajstić information content (AvgIpc) is 1.94. The molecular formula is C6H11Na2O8P. The van der Waals surface area contributed by atoms with Crippen LogP contribution >= 0.6 is 7.82 Å². The Bertz CT molecular complexity index is 228. The van der Waals surface area contributed by atoms with E-state index in [-0.39, 0.29) is 72.0 Å². The van der Waals surface area contributed by atoms with Crippen molar-refractivity contribution < 1.29 is 98.2 Å². The second-order valence-electron chi connectivity index (χ2n) is 2.46. The fourth-order valence-corrected chi connectivity index (χ4v) is 0.552. The molecule has 3 N–H and O–H groups in total. The summed E-state index contributed by atoms with van der Waals surface area (Å²) in [4.78, 5) is 44.1. The largest absolute Gasteiger partial charge is 1.00 e. The van der Waals surface area contributed by atoms with Crippen molar-refractivity contribution in [1.29, 1.82) is 0 Å². The van der Waals surface area contributed by atoms with E-state index in [0.717, 1.165) is 0 Å². The zero-order chi connectivity index (χ0) is 12.5. The molecule has 0 radical (unpaired) electrons. The number of carboxylic acids is 2. The van der Waals surface area contributed by atoms with E-state index < -0.39 is 19.8 Å². The van der Waals surface area contributed by atoms with Gasteiger partial charge in [0.2, 0.25) is 0 Å². The summed E-state index contributed by atoms with van der Waals surface area (Å²) in [6.45, 7) is 0. The zero-order valence-corrected chi connectivity index (χ0v) is 14.6. The van der Waals surface area contributed by atoms with E-state index in [0.29, 0.717) is 12.8 Å². The van der Waals surface area contributed by atoms with Gasteiger partial charge in [-0.1, -0.05) is 0 Å². The van der Waals surface area contributed by atoms with E-state index in [1.54, 1.807) is 0 Å². The normalized spacial score (nSPS) is 8.88. The first-order chi connectivity index (χ1) is 6.63. The maximum absolute atomic E-state index is 9.90. The van der Waals surface area contributed by atoms with Crippen LogP contribution in [0.5, 0.6) is 0 Å². The molecule has 0 aliphatic carbocycles. The fourth-order valence-electron chi connectivity index (χ4n) is 0.552. The summed E-state index contributed by atoms with van der Waals surface area (Å²) in [5, 5.41) is 16.3. The van der Waals surface area contributed by atoms with E-state index in [1.165, 1.54) is 0 Å². The molecule has 0 rings (SSSR count). The third-order valence-electron chi connectivity index (χ3n) is 1.03. The molecule has 0 aromatic rings. The van der Waals surface area contributed by atoms with Crippen LogP contribution in [0.4, 0.5) is 0 Å². The summed E-state index contributed by atoms with van der Waals surface area (Å²) >= 11 is 0. The Labute approximate surface area is 142 Å². The van der Waals surface area contributed by atoms with Crippen molar-refractivity contribution in [2.75, 3.05) is 0 Å². The molecule has 90 valence electrons. The number of unbranched alkanes of at least 4 members (excludes halogenated alkanes) is 1. The Kier molecular flexibility index (Phi) is 23.6. The molecule has 0 aliphatic rings. The third kappa shape index (κ3) is 59.6. The molecule has 11 heteroatoms.